The van der Waals surface area contributed by atoms with Gasteiger partial charge in [-0.05, 0) is 37.1 Å². The third-order valence-electron chi connectivity index (χ3n) is 3.70. The summed E-state index contributed by atoms with van der Waals surface area (Å²) in [5, 5.41) is 0. The maximum Gasteiger partial charge on any atom is 0.258 e. The molecule has 2 aromatic rings. The number of carbonyl (C=O) groups excluding carboxylic acids is 1. The number of benzene rings is 1. The minimum Gasteiger partial charge on any atom is -0.325 e. The molecular formula is C16H18ClN3O. The number of pyridine rings is 1. The van der Waals surface area contributed by atoms with Crippen molar-refractivity contribution in [3.63, 3.8) is 0 Å². The number of fused-ring (bicyclic) bond motifs is 1. The molecule has 0 bridgehead atoms. The van der Waals surface area contributed by atoms with Crippen molar-refractivity contribution in [2.24, 2.45) is 5.73 Å². The van der Waals surface area contributed by atoms with E-state index in [1.807, 2.05) is 23.1 Å². The van der Waals surface area contributed by atoms with Crippen LogP contribution in [0, 0.1) is 0 Å². The fourth-order valence-electron chi connectivity index (χ4n) is 2.74. The molecule has 2 heterocycles. The lowest BCUT2D eigenvalue weighted by atomic mass is 10.1. The van der Waals surface area contributed by atoms with E-state index >= 15 is 0 Å². The number of amides is 1. The Morgan fingerprint density at radius 2 is 2.14 bits per heavy atom. The van der Waals surface area contributed by atoms with Crippen LogP contribution in [0.1, 0.15) is 28.5 Å². The highest BCUT2D eigenvalue weighted by Gasteiger charge is 2.31. The van der Waals surface area contributed by atoms with Gasteiger partial charge in [-0.15, -0.1) is 12.4 Å². The highest BCUT2D eigenvalue weighted by Crippen LogP contribution is 2.32. The molecule has 1 aromatic heterocycles. The largest absolute Gasteiger partial charge is 0.325 e. The molecule has 1 amide bonds. The van der Waals surface area contributed by atoms with Crippen LogP contribution in [0.4, 0.5) is 5.69 Å². The van der Waals surface area contributed by atoms with Crippen LogP contribution in [0.15, 0.2) is 42.6 Å². The van der Waals surface area contributed by atoms with Gasteiger partial charge in [0.15, 0.2) is 0 Å². The Morgan fingerprint density at radius 3 is 2.90 bits per heavy atom. The van der Waals surface area contributed by atoms with Crippen LogP contribution in [0.5, 0.6) is 0 Å². The first-order valence-corrected chi connectivity index (χ1v) is 6.77. The van der Waals surface area contributed by atoms with Crippen molar-refractivity contribution in [3.05, 3.63) is 59.4 Å². The maximum absolute atomic E-state index is 12.7. The summed E-state index contributed by atoms with van der Waals surface area (Å²) >= 11 is 0. The molecular weight excluding hydrogens is 286 g/mol. The minimum absolute atomic E-state index is 0. The van der Waals surface area contributed by atoms with Gasteiger partial charge in [0, 0.05) is 30.0 Å². The van der Waals surface area contributed by atoms with Crippen LogP contribution in [0.3, 0.4) is 0 Å². The van der Waals surface area contributed by atoms with Gasteiger partial charge in [-0.2, -0.15) is 0 Å². The van der Waals surface area contributed by atoms with Crippen molar-refractivity contribution in [2.45, 2.75) is 25.9 Å². The number of carbonyl (C=O) groups is 1. The Morgan fingerprint density at radius 1 is 1.38 bits per heavy atom. The van der Waals surface area contributed by atoms with Gasteiger partial charge >= 0.3 is 0 Å². The van der Waals surface area contributed by atoms with Crippen molar-refractivity contribution in [3.8, 4) is 0 Å². The first kappa shape index (κ1) is 15.5. The number of nitrogens with two attached hydrogens (primary N) is 1. The standard InChI is InChI=1S/C16H17N3O.ClH/c1-11-8-12-4-2-3-5-15(12)19(11)16(20)13-6-7-18-14(9-13)10-17;/h2-7,9,11H,8,10,17H2,1H3;1H. The van der Waals surface area contributed by atoms with Crippen LogP contribution in [0.2, 0.25) is 0 Å². The van der Waals surface area contributed by atoms with E-state index in [4.69, 9.17) is 5.73 Å². The molecule has 2 N–H and O–H groups in total. The number of halogens is 1. The van der Waals surface area contributed by atoms with E-state index in [0.717, 1.165) is 17.8 Å². The lowest BCUT2D eigenvalue weighted by molar-refractivity contribution is 0.0981. The number of hydrogen-bond acceptors (Lipinski definition) is 3. The Balaban J connectivity index is 0.00000161. The monoisotopic (exact) mass is 303 g/mol. The van der Waals surface area contributed by atoms with Crippen molar-refractivity contribution >= 4 is 24.0 Å². The van der Waals surface area contributed by atoms with E-state index in [1.165, 1.54) is 5.56 Å². The summed E-state index contributed by atoms with van der Waals surface area (Å²) in [6.07, 6.45) is 2.54. The highest BCUT2D eigenvalue weighted by molar-refractivity contribution is 6.07. The van der Waals surface area contributed by atoms with Gasteiger partial charge in [0.05, 0.1) is 5.69 Å². The summed E-state index contributed by atoms with van der Waals surface area (Å²) in [6.45, 7) is 2.41. The molecule has 21 heavy (non-hydrogen) atoms. The fourth-order valence-corrected chi connectivity index (χ4v) is 2.74. The fraction of sp³-hybridized carbons (Fsp3) is 0.250. The molecule has 0 aliphatic carbocycles. The molecule has 0 spiro atoms. The number of para-hydroxylation sites is 1. The molecule has 3 rings (SSSR count). The second-order valence-corrected chi connectivity index (χ2v) is 5.10. The molecule has 1 atom stereocenters. The second-order valence-electron chi connectivity index (χ2n) is 5.10. The third-order valence-corrected chi connectivity index (χ3v) is 3.70. The quantitative estimate of drug-likeness (QED) is 0.927. The zero-order chi connectivity index (χ0) is 14.1. The van der Waals surface area contributed by atoms with E-state index < -0.39 is 0 Å². The average Bonchev–Trinajstić information content (AvgIpc) is 2.82. The van der Waals surface area contributed by atoms with Crippen LogP contribution in [-0.4, -0.2) is 16.9 Å². The third kappa shape index (κ3) is 2.77. The van der Waals surface area contributed by atoms with Crippen molar-refractivity contribution in [2.75, 3.05) is 4.90 Å². The minimum atomic E-state index is 0. The van der Waals surface area contributed by atoms with E-state index in [1.54, 1.807) is 18.3 Å². The molecule has 0 saturated heterocycles. The molecule has 1 aliphatic rings. The van der Waals surface area contributed by atoms with Gasteiger partial charge in [0.25, 0.3) is 5.91 Å². The molecule has 4 nitrogen and oxygen atoms in total. The maximum atomic E-state index is 12.7. The predicted molar refractivity (Wildman–Crippen MR) is 85.8 cm³/mol. The van der Waals surface area contributed by atoms with Gasteiger partial charge in [-0.25, -0.2) is 0 Å². The predicted octanol–water partition coefficient (Wildman–Crippen LogP) is 2.55. The number of anilines is 1. The number of nitrogens with zero attached hydrogens (tertiary/aromatic N) is 2. The Hall–Kier alpha value is -1.91. The molecule has 0 radical (unpaired) electrons. The summed E-state index contributed by atoms with van der Waals surface area (Å²) in [6, 6.07) is 11.8. The van der Waals surface area contributed by atoms with Crippen molar-refractivity contribution < 1.29 is 4.79 Å². The molecule has 110 valence electrons. The van der Waals surface area contributed by atoms with Crippen molar-refractivity contribution in [1.82, 2.24) is 4.98 Å². The molecule has 5 heteroatoms. The van der Waals surface area contributed by atoms with Crippen LogP contribution < -0.4 is 10.6 Å². The van der Waals surface area contributed by atoms with Crippen LogP contribution in [-0.2, 0) is 13.0 Å². The Kier molecular flexibility index (Phi) is 4.60. The topological polar surface area (TPSA) is 59.2 Å². The molecule has 0 saturated carbocycles. The van der Waals surface area contributed by atoms with Gasteiger partial charge in [0.2, 0.25) is 0 Å². The van der Waals surface area contributed by atoms with E-state index in [-0.39, 0.29) is 24.4 Å². The zero-order valence-corrected chi connectivity index (χ0v) is 12.6. The second kappa shape index (κ2) is 6.24. The number of hydrogen-bond donors (Lipinski definition) is 1. The van der Waals surface area contributed by atoms with E-state index in [9.17, 15) is 4.79 Å². The summed E-state index contributed by atoms with van der Waals surface area (Å²) in [5.74, 6) is 0.0135. The number of rotatable bonds is 2. The first-order valence-electron chi connectivity index (χ1n) is 6.77. The lowest BCUT2D eigenvalue weighted by Crippen LogP contribution is -2.35. The van der Waals surface area contributed by atoms with Crippen LogP contribution >= 0.6 is 12.4 Å². The zero-order valence-electron chi connectivity index (χ0n) is 11.8. The normalized spacial score (nSPS) is 16.3. The van der Waals surface area contributed by atoms with Gasteiger partial charge in [0.1, 0.15) is 0 Å². The van der Waals surface area contributed by atoms with E-state index in [2.05, 4.69) is 18.0 Å². The summed E-state index contributed by atoms with van der Waals surface area (Å²) in [7, 11) is 0. The first-order chi connectivity index (χ1) is 9.70. The SMILES string of the molecule is CC1Cc2ccccc2N1C(=O)c1ccnc(CN)c1.Cl. The average molecular weight is 304 g/mol. The van der Waals surface area contributed by atoms with Crippen molar-refractivity contribution in [1.29, 1.82) is 0 Å². The summed E-state index contributed by atoms with van der Waals surface area (Å²) in [5.41, 5.74) is 9.20. The smallest absolute Gasteiger partial charge is 0.258 e. The van der Waals surface area contributed by atoms with Gasteiger partial charge in [-0.1, -0.05) is 18.2 Å². The molecule has 1 aliphatic heterocycles. The number of aromatic nitrogens is 1. The Bertz CT molecular complexity index is 659. The summed E-state index contributed by atoms with van der Waals surface area (Å²) in [4.78, 5) is 18.7. The Labute approximate surface area is 130 Å². The molecule has 1 unspecified atom stereocenters. The van der Waals surface area contributed by atoms with Crippen LogP contribution in [0.25, 0.3) is 0 Å². The van der Waals surface area contributed by atoms with Gasteiger partial charge < -0.3 is 10.6 Å². The molecule has 0 fully saturated rings. The van der Waals surface area contributed by atoms with E-state index in [0.29, 0.717) is 12.1 Å². The summed E-state index contributed by atoms with van der Waals surface area (Å²) < 4.78 is 0. The lowest BCUT2D eigenvalue weighted by Gasteiger charge is -2.23. The molecule has 1 aromatic carbocycles. The van der Waals surface area contributed by atoms with Gasteiger partial charge in [-0.3, -0.25) is 9.78 Å². The highest BCUT2D eigenvalue weighted by atomic mass is 35.5.